The number of nitrogens with zero attached hydrogens (tertiary/aromatic N) is 1. The van der Waals surface area contributed by atoms with Crippen molar-refractivity contribution >= 4 is 23.2 Å². The maximum absolute atomic E-state index is 13.3. The Hall–Kier alpha value is -3.91. The monoisotopic (exact) mass is 475 g/mol. The number of hydrogen-bond donors (Lipinski definition) is 2. The van der Waals surface area contributed by atoms with Crippen LogP contribution in [-0.4, -0.2) is 36.6 Å². The fourth-order valence-electron chi connectivity index (χ4n) is 4.55. The summed E-state index contributed by atoms with van der Waals surface area (Å²) in [5.74, 6) is 0.538. The summed E-state index contributed by atoms with van der Waals surface area (Å²) in [5, 5.41) is 5.88. The maximum atomic E-state index is 13.3. The van der Waals surface area contributed by atoms with Crippen LogP contribution in [0.1, 0.15) is 24.4 Å². The van der Waals surface area contributed by atoms with Crippen molar-refractivity contribution in [1.29, 1.82) is 0 Å². The SMILES string of the molecule is O=C(Nc1ccc2c(c1)OCO2)C1CCN(C(C(=O)Nc2ccc(F)cc2)c2ccccc2)CC1. The van der Waals surface area contributed by atoms with Crippen molar-refractivity contribution in [2.75, 3.05) is 30.5 Å². The molecule has 2 aliphatic heterocycles. The molecule has 3 aromatic rings. The number of likely N-dealkylation sites (tertiary alicyclic amines) is 1. The number of benzene rings is 3. The summed E-state index contributed by atoms with van der Waals surface area (Å²) >= 11 is 0. The lowest BCUT2D eigenvalue weighted by molar-refractivity contribution is -0.124. The van der Waals surface area contributed by atoms with Crippen LogP contribution < -0.4 is 20.1 Å². The Morgan fingerprint density at radius 1 is 0.857 bits per heavy atom. The van der Waals surface area contributed by atoms with Crippen LogP contribution in [0.2, 0.25) is 0 Å². The number of anilines is 2. The molecule has 2 amide bonds. The molecule has 2 N–H and O–H groups in total. The van der Waals surface area contributed by atoms with Crippen LogP contribution in [0.4, 0.5) is 15.8 Å². The van der Waals surface area contributed by atoms with Gasteiger partial charge in [0.05, 0.1) is 0 Å². The second-order valence-electron chi connectivity index (χ2n) is 8.68. The van der Waals surface area contributed by atoms with Gasteiger partial charge >= 0.3 is 0 Å². The third-order valence-corrected chi connectivity index (χ3v) is 6.38. The number of halogens is 1. The minimum atomic E-state index is -0.515. The molecule has 0 bridgehead atoms. The van der Waals surface area contributed by atoms with E-state index in [9.17, 15) is 14.0 Å². The lowest BCUT2D eigenvalue weighted by atomic mass is 9.93. The molecular formula is C27H26FN3O4. The molecule has 1 unspecified atom stereocenters. The van der Waals surface area contributed by atoms with Crippen molar-refractivity contribution in [3.8, 4) is 11.5 Å². The Kier molecular flexibility index (Phi) is 6.63. The normalized spacial score (nSPS) is 16.5. The first-order valence-corrected chi connectivity index (χ1v) is 11.6. The fraction of sp³-hybridized carbons (Fsp3) is 0.259. The summed E-state index contributed by atoms with van der Waals surface area (Å²) in [5.41, 5.74) is 2.08. The number of amides is 2. The van der Waals surface area contributed by atoms with Gasteiger partial charge in [-0.15, -0.1) is 0 Å². The number of carbonyl (C=O) groups is 2. The zero-order chi connectivity index (χ0) is 24.2. The van der Waals surface area contributed by atoms with E-state index in [1.807, 2.05) is 30.3 Å². The molecule has 5 rings (SSSR count). The van der Waals surface area contributed by atoms with Gasteiger partial charge < -0.3 is 20.1 Å². The van der Waals surface area contributed by atoms with E-state index in [4.69, 9.17) is 9.47 Å². The number of piperidine rings is 1. The molecule has 2 aliphatic rings. The van der Waals surface area contributed by atoms with E-state index >= 15 is 0 Å². The predicted molar refractivity (Wildman–Crippen MR) is 130 cm³/mol. The van der Waals surface area contributed by atoms with E-state index in [1.54, 1.807) is 30.3 Å². The van der Waals surface area contributed by atoms with Crippen LogP contribution in [0, 0.1) is 11.7 Å². The quantitative estimate of drug-likeness (QED) is 0.545. The summed E-state index contributed by atoms with van der Waals surface area (Å²) in [4.78, 5) is 28.3. The van der Waals surface area contributed by atoms with Crippen molar-refractivity contribution in [2.45, 2.75) is 18.9 Å². The molecule has 0 aliphatic carbocycles. The van der Waals surface area contributed by atoms with Gasteiger partial charge in [0.1, 0.15) is 11.9 Å². The van der Waals surface area contributed by atoms with Crippen molar-refractivity contribution in [3.63, 3.8) is 0 Å². The molecule has 7 nitrogen and oxygen atoms in total. The minimum absolute atomic E-state index is 0.0458. The summed E-state index contributed by atoms with van der Waals surface area (Å²) in [7, 11) is 0. The number of hydrogen-bond acceptors (Lipinski definition) is 5. The molecule has 0 spiro atoms. The maximum Gasteiger partial charge on any atom is 0.246 e. The molecule has 0 saturated carbocycles. The van der Waals surface area contributed by atoms with Crippen LogP contribution >= 0.6 is 0 Å². The van der Waals surface area contributed by atoms with E-state index in [1.165, 1.54) is 12.1 Å². The van der Waals surface area contributed by atoms with Gasteiger partial charge in [0, 0.05) is 23.4 Å². The third-order valence-electron chi connectivity index (χ3n) is 6.38. The zero-order valence-electron chi connectivity index (χ0n) is 19.1. The van der Waals surface area contributed by atoms with Crippen LogP contribution in [0.3, 0.4) is 0 Å². The highest BCUT2D eigenvalue weighted by Crippen LogP contribution is 2.35. The van der Waals surface area contributed by atoms with Crippen LogP contribution in [0.15, 0.2) is 72.8 Å². The molecule has 1 fully saturated rings. The molecule has 180 valence electrons. The molecule has 2 heterocycles. The number of fused-ring (bicyclic) bond motifs is 1. The standard InChI is InChI=1S/C27H26FN3O4/c28-20-6-8-21(9-7-20)29-27(33)25(18-4-2-1-3-5-18)31-14-12-19(13-15-31)26(32)30-22-10-11-23-24(16-22)35-17-34-23/h1-11,16,19,25H,12-15,17H2,(H,29,33)(H,30,32). The van der Waals surface area contributed by atoms with Crippen molar-refractivity contribution in [2.24, 2.45) is 5.92 Å². The van der Waals surface area contributed by atoms with Crippen molar-refractivity contribution < 1.29 is 23.5 Å². The molecule has 1 saturated heterocycles. The van der Waals surface area contributed by atoms with E-state index < -0.39 is 6.04 Å². The minimum Gasteiger partial charge on any atom is -0.454 e. The van der Waals surface area contributed by atoms with E-state index in [0.29, 0.717) is 48.8 Å². The van der Waals surface area contributed by atoms with Gasteiger partial charge in [-0.3, -0.25) is 14.5 Å². The van der Waals surface area contributed by atoms with Gasteiger partial charge in [0.25, 0.3) is 0 Å². The summed E-state index contributed by atoms with van der Waals surface area (Å²) in [6.45, 7) is 1.37. The molecular weight excluding hydrogens is 449 g/mol. The van der Waals surface area contributed by atoms with Gasteiger partial charge in [-0.25, -0.2) is 4.39 Å². The van der Waals surface area contributed by atoms with Crippen LogP contribution in [-0.2, 0) is 9.59 Å². The third kappa shape index (κ3) is 5.27. The molecule has 0 radical (unpaired) electrons. The van der Waals surface area contributed by atoms with E-state index in [2.05, 4.69) is 15.5 Å². The highest BCUT2D eigenvalue weighted by atomic mass is 19.1. The van der Waals surface area contributed by atoms with Gasteiger partial charge in [-0.05, 0) is 67.9 Å². The zero-order valence-corrected chi connectivity index (χ0v) is 19.1. The first-order chi connectivity index (χ1) is 17.1. The van der Waals surface area contributed by atoms with Gasteiger partial charge in [-0.1, -0.05) is 30.3 Å². The Bertz CT molecular complexity index is 1190. The topological polar surface area (TPSA) is 79.9 Å². The average Bonchev–Trinajstić information content (AvgIpc) is 3.35. The van der Waals surface area contributed by atoms with Crippen molar-refractivity contribution in [3.05, 3.63) is 84.2 Å². The average molecular weight is 476 g/mol. The Labute approximate surface area is 202 Å². The number of nitrogens with one attached hydrogen (secondary N) is 2. The van der Waals surface area contributed by atoms with Crippen LogP contribution in [0.25, 0.3) is 0 Å². The first-order valence-electron chi connectivity index (χ1n) is 11.6. The molecule has 3 aromatic carbocycles. The number of ether oxygens (including phenoxy) is 2. The van der Waals surface area contributed by atoms with Gasteiger partial charge in [0.15, 0.2) is 11.5 Å². The lowest BCUT2D eigenvalue weighted by Gasteiger charge is -2.36. The molecule has 1 atom stereocenters. The predicted octanol–water partition coefficient (Wildman–Crippen LogP) is 4.58. The second kappa shape index (κ2) is 10.1. The number of rotatable bonds is 6. The smallest absolute Gasteiger partial charge is 0.246 e. The van der Waals surface area contributed by atoms with E-state index in [0.717, 1.165) is 5.56 Å². The first kappa shape index (κ1) is 22.9. The van der Waals surface area contributed by atoms with Gasteiger partial charge in [0.2, 0.25) is 18.6 Å². The highest BCUT2D eigenvalue weighted by molar-refractivity contribution is 5.96. The fourth-order valence-corrected chi connectivity index (χ4v) is 4.55. The summed E-state index contributed by atoms with van der Waals surface area (Å²) < 4.78 is 24.0. The van der Waals surface area contributed by atoms with Gasteiger partial charge in [-0.2, -0.15) is 0 Å². The Morgan fingerprint density at radius 2 is 1.54 bits per heavy atom. The molecule has 35 heavy (non-hydrogen) atoms. The summed E-state index contributed by atoms with van der Waals surface area (Å²) in [6.07, 6.45) is 1.26. The van der Waals surface area contributed by atoms with Crippen molar-refractivity contribution in [1.82, 2.24) is 4.90 Å². The van der Waals surface area contributed by atoms with Crippen LogP contribution in [0.5, 0.6) is 11.5 Å². The highest BCUT2D eigenvalue weighted by Gasteiger charge is 2.33. The second-order valence-corrected chi connectivity index (χ2v) is 8.68. The number of carbonyl (C=O) groups excluding carboxylic acids is 2. The Balaban J connectivity index is 1.24. The largest absolute Gasteiger partial charge is 0.454 e. The lowest BCUT2D eigenvalue weighted by Crippen LogP contribution is -2.44. The summed E-state index contributed by atoms with van der Waals surface area (Å²) in [6, 6.07) is 20.1. The van der Waals surface area contributed by atoms with E-state index in [-0.39, 0.29) is 30.3 Å². The molecule has 0 aromatic heterocycles. The molecule has 8 heteroatoms. The Morgan fingerprint density at radius 3 is 2.29 bits per heavy atom.